The number of morpholine rings is 1. The number of benzene rings is 1. The number of nitrogens with one attached hydrogen (secondary N) is 1. The van der Waals surface area contributed by atoms with Gasteiger partial charge in [0.1, 0.15) is 18.2 Å². The molecule has 1 aromatic rings. The molecule has 2 rings (SSSR count). The quantitative estimate of drug-likeness (QED) is 0.306. The van der Waals surface area contributed by atoms with E-state index in [0.717, 1.165) is 6.54 Å². The molecule has 0 bridgehead atoms. The number of rotatable bonds is 3. The van der Waals surface area contributed by atoms with Crippen molar-refractivity contribution in [3.05, 3.63) is 34.9 Å². The lowest BCUT2D eigenvalue weighted by Crippen LogP contribution is -2.49. The number of hydrogen-bond acceptors (Lipinski definition) is 4. The molecule has 1 aliphatic heterocycles. The van der Waals surface area contributed by atoms with E-state index in [9.17, 15) is 4.79 Å². The van der Waals surface area contributed by atoms with Crippen molar-refractivity contribution in [2.45, 2.75) is 46.3 Å². The molecule has 1 fully saturated rings. The summed E-state index contributed by atoms with van der Waals surface area (Å²) in [4.78, 5) is 18.4. The van der Waals surface area contributed by atoms with E-state index < -0.39 is 5.60 Å². The first-order chi connectivity index (χ1) is 12.2. The maximum absolute atomic E-state index is 11.9. The molecule has 27 heavy (non-hydrogen) atoms. The SMILES string of the molecule is CN=C(NCC(=O)OC(C)(C)C)N1CCOC(c2ccc(C)cc2C)C1.I. The van der Waals surface area contributed by atoms with Gasteiger partial charge in [-0.05, 0) is 45.7 Å². The monoisotopic (exact) mass is 489 g/mol. The van der Waals surface area contributed by atoms with Gasteiger partial charge in [0, 0.05) is 13.6 Å². The van der Waals surface area contributed by atoms with Crippen molar-refractivity contribution in [3.8, 4) is 0 Å². The number of ether oxygens (including phenoxy) is 2. The first-order valence-corrected chi connectivity index (χ1v) is 9.06. The molecule has 6 nitrogen and oxygen atoms in total. The Hall–Kier alpha value is -1.35. The summed E-state index contributed by atoms with van der Waals surface area (Å²) in [6.45, 7) is 11.9. The summed E-state index contributed by atoms with van der Waals surface area (Å²) < 4.78 is 11.3. The van der Waals surface area contributed by atoms with E-state index in [-0.39, 0.29) is 42.6 Å². The standard InChI is InChI=1S/C20H31N3O3.HI/c1-14-7-8-16(15(2)11-14)17-13-23(9-10-25-17)19(21-6)22-12-18(24)26-20(3,4)5;/h7-8,11,17H,9-10,12-13H2,1-6H3,(H,21,22);1H. The highest BCUT2D eigenvalue weighted by Gasteiger charge is 2.26. The number of esters is 1. The number of guanidine groups is 1. The van der Waals surface area contributed by atoms with Crippen LogP contribution in [-0.4, -0.2) is 55.7 Å². The molecular formula is C20H32IN3O3. The van der Waals surface area contributed by atoms with E-state index in [4.69, 9.17) is 9.47 Å². The number of carbonyl (C=O) groups is 1. The van der Waals surface area contributed by atoms with Gasteiger partial charge in [-0.15, -0.1) is 24.0 Å². The van der Waals surface area contributed by atoms with Crippen LogP contribution < -0.4 is 5.32 Å². The van der Waals surface area contributed by atoms with Crippen LogP contribution in [0.4, 0.5) is 0 Å². The van der Waals surface area contributed by atoms with E-state index in [2.05, 4.69) is 47.3 Å². The third kappa shape index (κ3) is 7.29. The number of carbonyl (C=O) groups excluding carboxylic acids is 1. The second-order valence-electron chi connectivity index (χ2n) is 7.65. The number of aryl methyl sites for hydroxylation is 2. The normalized spacial score (nSPS) is 17.9. The minimum atomic E-state index is -0.491. The second-order valence-corrected chi connectivity index (χ2v) is 7.65. The predicted octanol–water partition coefficient (Wildman–Crippen LogP) is 3.21. The first kappa shape index (κ1) is 23.7. The summed E-state index contributed by atoms with van der Waals surface area (Å²) in [5.41, 5.74) is 3.18. The van der Waals surface area contributed by atoms with Crippen LogP contribution in [0.1, 0.15) is 43.6 Å². The Balaban J connectivity index is 0.00000364. The fraction of sp³-hybridized carbons (Fsp3) is 0.600. The van der Waals surface area contributed by atoms with Crippen LogP contribution in [-0.2, 0) is 14.3 Å². The van der Waals surface area contributed by atoms with E-state index >= 15 is 0 Å². The Morgan fingerprint density at radius 1 is 1.37 bits per heavy atom. The molecule has 0 spiro atoms. The van der Waals surface area contributed by atoms with Gasteiger partial charge in [-0.2, -0.15) is 0 Å². The molecule has 0 aromatic heterocycles. The third-order valence-corrected chi connectivity index (χ3v) is 4.16. The van der Waals surface area contributed by atoms with E-state index in [1.807, 2.05) is 20.8 Å². The third-order valence-electron chi connectivity index (χ3n) is 4.16. The van der Waals surface area contributed by atoms with Crippen LogP contribution in [0.2, 0.25) is 0 Å². The van der Waals surface area contributed by atoms with Crippen LogP contribution >= 0.6 is 24.0 Å². The molecule has 1 N–H and O–H groups in total. The molecule has 7 heteroatoms. The van der Waals surface area contributed by atoms with Gasteiger partial charge < -0.3 is 19.7 Å². The van der Waals surface area contributed by atoms with Crippen LogP contribution in [0, 0.1) is 13.8 Å². The maximum atomic E-state index is 11.9. The zero-order valence-electron chi connectivity index (χ0n) is 17.2. The number of hydrogen-bond donors (Lipinski definition) is 1. The fourth-order valence-electron chi connectivity index (χ4n) is 3.08. The zero-order valence-corrected chi connectivity index (χ0v) is 19.5. The first-order valence-electron chi connectivity index (χ1n) is 9.06. The smallest absolute Gasteiger partial charge is 0.325 e. The molecule has 152 valence electrons. The van der Waals surface area contributed by atoms with Gasteiger partial charge in [0.25, 0.3) is 0 Å². The largest absolute Gasteiger partial charge is 0.459 e. The van der Waals surface area contributed by atoms with Gasteiger partial charge >= 0.3 is 5.97 Å². The Bertz CT molecular complexity index is 671. The number of nitrogens with zero attached hydrogens (tertiary/aromatic N) is 2. The van der Waals surface area contributed by atoms with Crippen molar-refractivity contribution in [3.63, 3.8) is 0 Å². The Kier molecular flexibility index (Phi) is 9.01. The lowest BCUT2D eigenvalue weighted by molar-refractivity contribution is -0.153. The van der Waals surface area contributed by atoms with Gasteiger partial charge in [-0.1, -0.05) is 23.8 Å². The lowest BCUT2D eigenvalue weighted by atomic mass is 10.00. The predicted molar refractivity (Wildman–Crippen MR) is 119 cm³/mol. The minimum Gasteiger partial charge on any atom is -0.459 e. The summed E-state index contributed by atoms with van der Waals surface area (Å²) in [5.74, 6) is 0.395. The Morgan fingerprint density at radius 2 is 2.07 bits per heavy atom. The average Bonchev–Trinajstić information content (AvgIpc) is 2.54. The highest BCUT2D eigenvalue weighted by Crippen LogP contribution is 2.25. The van der Waals surface area contributed by atoms with Crippen molar-refractivity contribution >= 4 is 35.9 Å². The molecule has 1 unspecified atom stereocenters. The van der Waals surface area contributed by atoms with Crippen molar-refractivity contribution < 1.29 is 14.3 Å². The Morgan fingerprint density at radius 3 is 2.67 bits per heavy atom. The maximum Gasteiger partial charge on any atom is 0.325 e. The molecule has 0 aliphatic carbocycles. The number of halogens is 1. The van der Waals surface area contributed by atoms with Crippen LogP contribution in [0.15, 0.2) is 23.2 Å². The van der Waals surface area contributed by atoms with Gasteiger partial charge in [0.15, 0.2) is 5.96 Å². The zero-order chi connectivity index (χ0) is 19.3. The molecule has 0 saturated carbocycles. The summed E-state index contributed by atoms with van der Waals surface area (Å²) >= 11 is 0. The fourth-order valence-corrected chi connectivity index (χ4v) is 3.08. The van der Waals surface area contributed by atoms with Crippen LogP contribution in [0.5, 0.6) is 0 Å². The summed E-state index contributed by atoms with van der Waals surface area (Å²) in [6, 6.07) is 6.42. The van der Waals surface area contributed by atoms with Crippen molar-refractivity contribution in [2.24, 2.45) is 4.99 Å². The minimum absolute atomic E-state index is 0. The molecule has 1 aliphatic rings. The molecule has 1 saturated heterocycles. The van der Waals surface area contributed by atoms with Crippen LogP contribution in [0.3, 0.4) is 0 Å². The van der Waals surface area contributed by atoms with Gasteiger partial charge in [0.05, 0.1) is 13.2 Å². The highest BCUT2D eigenvalue weighted by molar-refractivity contribution is 14.0. The van der Waals surface area contributed by atoms with Gasteiger partial charge in [-0.3, -0.25) is 9.79 Å². The summed E-state index contributed by atoms with van der Waals surface area (Å²) in [7, 11) is 1.72. The highest BCUT2D eigenvalue weighted by atomic mass is 127. The van der Waals surface area contributed by atoms with E-state index in [0.29, 0.717) is 19.1 Å². The van der Waals surface area contributed by atoms with Crippen molar-refractivity contribution in [1.29, 1.82) is 0 Å². The van der Waals surface area contributed by atoms with Crippen molar-refractivity contribution in [2.75, 3.05) is 33.3 Å². The van der Waals surface area contributed by atoms with E-state index in [1.54, 1.807) is 7.05 Å². The summed E-state index contributed by atoms with van der Waals surface area (Å²) in [6.07, 6.45) is -0.00979. The molecule has 1 aromatic carbocycles. The topological polar surface area (TPSA) is 63.2 Å². The Labute approximate surface area is 179 Å². The molecular weight excluding hydrogens is 457 g/mol. The number of aliphatic imine (C=N–C) groups is 1. The second kappa shape index (κ2) is 10.3. The van der Waals surface area contributed by atoms with Gasteiger partial charge in [-0.25, -0.2) is 0 Å². The molecule has 0 radical (unpaired) electrons. The lowest BCUT2D eigenvalue weighted by Gasteiger charge is -2.35. The molecule has 0 amide bonds. The van der Waals surface area contributed by atoms with Crippen LogP contribution in [0.25, 0.3) is 0 Å². The van der Waals surface area contributed by atoms with Gasteiger partial charge in [0.2, 0.25) is 0 Å². The average molecular weight is 489 g/mol. The molecule has 1 heterocycles. The van der Waals surface area contributed by atoms with Crippen molar-refractivity contribution in [1.82, 2.24) is 10.2 Å². The molecule has 1 atom stereocenters. The van der Waals surface area contributed by atoms with E-state index in [1.165, 1.54) is 16.7 Å². The summed E-state index contributed by atoms with van der Waals surface area (Å²) in [5, 5.41) is 3.10.